The van der Waals surface area contributed by atoms with Gasteiger partial charge in [0.05, 0.1) is 12.7 Å². The minimum Gasteiger partial charge on any atom is -0.462 e. The number of hydrogen-bond donors (Lipinski definition) is 3. The normalized spacial score (nSPS) is 13.8. The molecule has 0 rings (SSSR count). The average Bonchev–Trinajstić information content (AvgIpc) is 2.96. The quantitative estimate of drug-likeness (QED) is 0.0241. The van der Waals surface area contributed by atoms with E-state index in [2.05, 4.69) is 37.4 Å². The lowest BCUT2D eigenvalue weighted by Gasteiger charge is -2.18. The highest BCUT2D eigenvalue weighted by Gasteiger charge is 2.22. The van der Waals surface area contributed by atoms with Gasteiger partial charge in [-0.2, -0.15) is 0 Å². The number of hydrogen-bond acceptors (Lipinski definition) is 7. The molecule has 0 aromatic heterocycles. The molecule has 1 unspecified atom stereocenters. The van der Waals surface area contributed by atoms with Crippen molar-refractivity contribution in [1.82, 2.24) is 0 Å². The molecule has 3 N–H and O–H groups in total. The molecule has 0 saturated carbocycles. The van der Waals surface area contributed by atoms with E-state index in [1.54, 1.807) is 6.08 Å². The molecule has 0 aromatic rings. The Labute approximate surface area is 266 Å². The van der Waals surface area contributed by atoms with Crippen LogP contribution in [0.1, 0.15) is 136 Å². The summed E-state index contributed by atoms with van der Waals surface area (Å²) in [4.78, 5) is 42.5. The van der Waals surface area contributed by atoms with Gasteiger partial charge < -0.3 is 24.4 Å². The highest BCUT2D eigenvalue weighted by Crippen LogP contribution is 2.36. The third-order valence-electron chi connectivity index (χ3n) is 6.96. The Kier molecular flexibility index (Phi) is 27.5. The molecular weight excluding hydrogens is 583 g/mol. The molecule has 44 heavy (non-hydrogen) atoms. The largest absolute Gasteiger partial charge is 0.469 e. The second-order valence-corrected chi connectivity index (χ2v) is 13.0. The summed E-state index contributed by atoms with van der Waals surface area (Å²) in [5.41, 5.74) is 0. The lowest BCUT2D eigenvalue weighted by Crippen LogP contribution is -2.29. The van der Waals surface area contributed by atoms with Gasteiger partial charge in [0.25, 0.3) is 0 Å². The van der Waals surface area contributed by atoms with E-state index in [9.17, 15) is 19.3 Å². The highest BCUT2D eigenvalue weighted by molar-refractivity contribution is 7.46. The number of carbonyl (C=O) groups excluding carboxylic acids is 2. The van der Waals surface area contributed by atoms with Gasteiger partial charge in [-0.15, -0.1) is 0 Å². The molecule has 0 aromatic carbocycles. The fourth-order valence-electron chi connectivity index (χ4n) is 4.45. The molecule has 0 amide bonds. The van der Waals surface area contributed by atoms with Crippen LogP contribution in [0.3, 0.4) is 0 Å². The Morgan fingerprint density at radius 3 is 1.89 bits per heavy atom. The maximum absolute atomic E-state index is 12.3. The molecule has 0 bridgehead atoms. The number of carbonyl (C=O) groups is 2. The van der Waals surface area contributed by atoms with Gasteiger partial charge in [-0.05, 0) is 38.0 Å². The number of esters is 2. The molecule has 0 aliphatic heterocycles. The first-order valence-electron chi connectivity index (χ1n) is 16.7. The zero-order valence-corrected chi connectivity index (χ0v) is 28.5. The van der Waals surface area contributed by atoms with E-state index in [1.807, 2.05) is 18.2 Å². The topological polar surface area (TPSA) is 140 Å². The lowest BCUT2D eigenvalue weighted by atomic mass is 10.0. The summed E-state index contributed by atoms with van der Waals surface area (Å²) in [5.74, 6) is -0.226. The van der Waals surface area contributed by atoms with Gasteiger partial charge in [-0.25, -0.2) is 4.57 Å². The Morgan fingerprint density at radius 1 is 0.727 bits per heavy atom. The van der Waals surface area contributed by atoms with Gasteiger partial charge in [0.2, 0.25) is 0 Å². The minimum absolute atomic E-state index is 0.189. The summed E-state index contributed by atoms with van der Waals surface area (Å²) in [6.45, 7) is 5.68. The van der Waals surface area contributed by atoms with E-state index in [0.717, 1.165) is 63.7 Å². The van der Waals surface area contributed by atoms with Crippen LogP contribution in [-0.4, -0.2) is 52.3 Å². The van der Waals surface area contributed by atoms with E-state index in [4.69, 9.17) is 19.3 Å². The number of phosphoric acid groups is 1. The standard InChI is InChI=1S/C34H61O9P/c1-4-5-6-7-9-14-19-24-31(35)25-20-15-12-17-21-26-33(36)41-28-32(29-42-44(38,39)40)43-34(37)27-22-16-11-8-10-13-18-23-30(2)3/h5-6,9,14,19,24,30-32,35H,4,7-8,10-13,15-18,20-23,25-29H2,1-3H3,(H2,38,39,40)/b6-5+,14-9+,24-19+/t31?,32-/m1/s1. The molecule has 0 radical (unpaired) electrons. The molecule has 0 heterocycles. The molecule has 0 fully saturated rings. The van der Waals surface area contributed by atoms with E-state index < -0.39 is 38.6 Å². The van der Waals surface area contributed by atoms with Crippen LogP contribution in [0.2, 0.25) is 0 Å². The molecular formula is C34H61O9P. The molecule has 256 valence electrons. The SMILES string of the molecule is CC/C=C/C/C=C/C=C/C(O)CCCCCCCC(=O)OC[C@H](COP(=O)(O)O)OC(=O)CCCCCCCCCC(C)C. The molecule has 0 aliphatic rings. The predicted octanol–water partition coefficient (Wildman–Crippen LogP) is 8.28. The van der Waals surface area contributed by atoms with Crippen molar-refractivity contribution in [3.63, 3.8) is 0 Å². The number of ether oxygens (including phenoxy) is 2. The zero-order chi connectivity index (χ0) is 32.9. The third-order valence-corrected chi connectivity index (χ3v) is 7.44. The smallest absolute Gasteiger partial charge is 0.462 e. The van der Waals surface area contributed by atoms with Crippen LogP contribution in [0.25, 0.3) is 0 Å². The Bertz CT molecular complexity index is 848. The zero-order valence-electron chi connectivity index (χ0n) is 27.6. The van der Waals surface area contributed by atoms with Crippen molar-refractivity contribution in [2.45, 2.75) is 149 Å². The van der Waals surface area contributed by atoms with Crippen LogP contribution in [0.15, 0.2) is 36.5 Å². The fourth-order valence-corrected chi connectivity index (χ4v) is 4.81. The van der Waals surface area contributed by atoms with Gasteiger partial charge in [0.15, 0.2) is 6.10 Å². The number of aliphatic hydroxyl groups is 1. The summed E-state index contributed by atoms with van der Waals surface area (Å²) < 4.78 is 26.1. The monoisotopic (exact) mass is 644 g/mol. The predicted molar refractivity (Wildman–Crippen MR) is 176 cm³/mol. The van der Waals surface area contributed by atoms with E-state index in [0.29, 0.717) is 19.3 Å². The summed E-state index contributed by atoms with van der Waals surface area (Å²) in [7, 11) is -4.76. The van der Waals surface area contributed by atoms with Crippen LogP contribution in [0, 0.1) is 5.92 Å². The fraction of sp³-hybridized carbons (Fsp3) is 0.765. The average molecular weight is 645 g/mol. The molecule has 10 heteroatoms. The van der Waals surface area contributed by atoms with Gasteiger partial charge in [0, 0.05) is 12.8 Å². The first kappa shape index (κ1) is 42.2. The number of allylic oxidation sites excluding steroid dienone is 5. The van der Waals surface area contributed by atoms with Gasteiger partial charge in [0.1, 0.15) is 6.61 Å². The summed E-state index contributed by atoms with van der Waals surface area (Å²) >= 11 is 0. The number of unbranched alkanes of at least 4 members (excludes halogenated alkanes) is 10. The number of phosphoric ester groups is 1. The van der Waals surface area contributed by atoms with Gasteiger partial charge in [-0.1, -0.05) is 128 Å². The lowest BCUT2D eigenvalue weighted by molar-refractivity contribution is -0.161. The Balaban J connectivity index is 4.12. The maximum Gasteiger partial charge on any atom is 0.469 e. The van der Waals surface area contributed by atoms with Crippen molar-refractivity contribution < 1.29 is 43.0 Å². The molecule has 0 aliphatic carbocycles. The summed E-state index contributed by atoms with van der Waals surface area (Å²) in [6.07, 6.45) is 26.3. The van der Waals surface area contributed by atoms with Crippen LogP contribution in [-0.2, 0) is 28.2 Å². The van der Waals surface area contributed by atoms with Gasteiger partial charge >= 0.3 is 19.8 Å². The number of aliphatic hydroxyl groups excluding tert-OH is 1. The van der Waals surface area contributed by atoms with Crippen LogP contribution in [0.5, 0.6) is 0 Å². The minimum atomic E-state index is -4.76. The first-order chi connectivity index (χ1) is 21.0. The Hall–Kier alpha value is -1.77. The Morgan fingerprint density at radius 2 is 1.30 bits per heavy atom. The van der Waals surface area contributed by atoms with Crippen molar-refractivity contribution in [1.29, 1.82) is 0 Å². The van der Waals surface area contributed by atoms with Crippen molar-refractivity contribution in [2.24, 2.45) is 5.92 Å². The summed E-state index contributed by atoms with van der Waals surface area (Å²) in [6, 6.07) is 0. The van der Waals surface area contributed by atoms with E-state index >= 15 is 0 Å². The molecule has 2 atom stereocenters. The number of rotatable bonds is 29. The van der Waals surface area contributed by atoms with Crippen molar-refractivity contribution >= 4 is 19.8 Å². The molecule has 0 saturated heterocycles. The van der Waals surface area contributed by atoms with Crippen LogP contribution >= 0.6 is 7.82 Å². The van der Waals surface area contributed by atoms with Crippen LogP contribution in [0.4, 0.5) is 0 Å². The highest BCUT2D eigenvalue weighted by atomic mass is 31.2. The van der Waals surface area contributed by atoms with Crippen molar-refractivity contribution in [3.8, 4) is 0 Å². The first-order valence-corrected chi connectivity index (χ1v) is 18.3. The van der Waals surface area contributed by atoms with E-state index in [1.165, 1.54) is 25.7 Å². The second kappa shape index (κ2) is 28.7. The van der Waals surface area contributed by atoms with Crippen molar-refractivity contribution in [3.05, 3.63) is 36.5 Å². The molecule has 0 spiro atoms. The third kappa shape index (κ3) is 31.6. The maximum atomic E-state index is 12.3. The molecule has 9 nitrogen and oxygen atoms in total. The summed E-state index contributed by atoms with van der Waals surface area (Å²) in [5, 5.41) is 10.0. The van der Waals surface area contributed by atoms with Crippen LogP contribution < -0.4 is 0 Å². The van der Waals surface area contributed by atoms with Gasteiger partial charge in [-0.3, -0.25) is 14.1 Å². The second-order valence-electron chi connectivity index (χ2n) is 11.8. The van der Waals surface area contributed by atoms with E-state index in [-0.39, 0.29) is 19.4 Å². The van der Waals surface area contributed by atoms with Crippen molar-refractivity contribution in [2.75, 3.05) is 13.2 Å².